The lowest BCUT2D eigenvalue weighted by Gasteiger charge is -2.35. The van der Waals surface area contributed by atoms with Crippen LogP contribution in [0, 0.1) is 23.7 Å². The Bertz CT molecular complexity index is 208. The number of hydrogen-bond acceptors (Lipinski definition) is 0. The molecule has 0 nitrogen and oxygen atoms in total. The molecule has 2 bridgehead atoms. The Balaban J connectivity index is 0.000000514. The maximum atomic E-state index is 2.00. The Morgan fingerprint density at radius 1 is 0.588 bits per heavy atom. The predicted molar refractivity (Wildman–Crippen MR) is 76.1 cm³/mol. The van der Waals surface area contributed by atoms with Gasteiger partial charge < -0.3 is 0 Å². The van der Waals surface area contributed by atoms with Crippen molar-refractivity contribution in [2.24, 2.45) is 23.7 Å². The van der Waals surface area contributed by atoms with E-state index in [1.165, 1.54) is 0 Å². The molecule has 100 valence electrons. The van der Waals surface area contributed by atoms with Crippen LogP contribution in [0.25, 0.3) is 0 Å². The van der Waals surface area contributed by atoms with Gasteiger partial charge in [-0.1, -0.05) is 65.2 Å². The molecule has 0 aromatic carbocycles. The van der Waals surface area contributed by atoms with Gasteiger partial charge in [-0.2, -0.15) is 0 Å². The molecule has 3 fully saturated rings. The van der Waals surface area contributed by atoms with Crippen molar-refractivity contribution in [3.8, 4) is 0 Å². The fourth-order valence-electron chi connectivity index (χ4n) is 4.82. The van der Waals surface area contributed by atoms with Crippen LogP contribution in [-0.4, -0.2) is 0 Å². The summed E-state index contributed by atoms with van der Waals surface area (Å²) in [6, 6.07) is 0. The van der Waals surface area contributed by atoms with Gasteiger partial charge >= 0.3 is 0 Å². The standard InChI is InChI=1S/C15H26.C2H6/c1-2-7-14-11-12(5-1)9-10-13-6-3-4-8-15(13)14;1-2/h12-15H,1-11H2;1-2H3. The lowest BCUT2D eigenvalue weighted by atomic mass is 9.70. The molecule has 0 spiro atoms. The van der Waals surface area contributed by atoms with E-state index in [0.29, 0.717) is 0 Å². The summed E-state index contributed by atoms with van der Waals surface area (Å²) < 4.78 is 0. The van der Waals surface area contributed by atoms with E-state index in [-0.39, 0.29) is 0 Å². The van der Waals surface area contributed by atoms with Crippen LogP contribution in [0.15, 0.2) is 0 Å². The number of fused-ring (bicyclic) bond motifs is 4. The molecule has 0 saturated heterocycles. The van der Waals surface area contributed by atoms with Crippen LogP contribution in [-0.2, 0) is 0 Å². The Hall–Kier alpha value is 0. The second kappa shape index (κ2) is 6.81. The summed E-state index contributed by atoms with van der Waals surface area (Å²) in [4.78, 5) is 0. The minimum absolute atomic E-state index is 1.13. The van der Waals surface area contributed by atoms with Crippen molar-refractivity contribution < 1.29 is 0 Å². The zero-order valence-corrected chi connectivity index (χ0v) is 12.1. The van der Waals surface area contributed by atoms with Crippen molar-refractivity contribution in [3.63, 3.8) is 0 Å². The summed E-state index contributed by atoms with van der Waals surface area (Å²) in [7, 11) is 0. The lowest BCUT2D eigenvalue weighted by molar-refractivity contribution is 0.155. The topological polar surface area (TPSA) is 0 Å². The Morgan fingerprint density at radius 2 is 1.24 bits per heavy atom. The fourth-order valence-corrected chi connectivity index (χ4v) is 4.82. The molecule has 0 heteroatoms. The smallest absolute Gasteiger partial charge is 0.0357 e. The molecule has 0 aromatic rings. The molecule has 0 N–H and O–H groups in total. The molecule has 3 aliphatic carbocycles. The van der Waals surface area contributed by atoms with Crippen LogP contribution in [0.3, 0.4) is 0 Å². The molecule has 3 aliphatic rings. The third kappa shape index (κ3) is 3.26. The highest BCUT2D eigenvalue weighted by Crippen LogP contribution is 2.48. The summed E-state index contributed by atoms with van der Waals surface area (Å²) in [5.41, 5.74) is 0. The van der Waals surface area contributed by atoms with Crippen molar-refractivity contribution in [1.82, 2.24) is 0 Å². The molecular formula is C17H32. The largest absolute Gasteiger partial charge is 0.0683 e. The first-order chi connectivity index (χ1) is 8.43. The summed E-state index contributed by atoms with van der Waals surface area (Å²) in [5.74, 6) is 4.57. The van der Waals surface area contributed by atoms with Crippen molar-refractivity contribution in [3.05, 3.63) is 0 Å². The van der Waals surface area contributed by atoms with Crippen LogP contribution in [0.2, 0.25) is 0 Å². The summed E-state index contributed by atoms with van der Waals surface area (Å²) >= 11 is 0. The SMILES string of the molecule is C1CCC2CC(C1)CCC1CCCCC12.CC. The van der Waals surface area contributed by atoms with E-state index < -0.39 is 0 Å². The first kappa shape index (κ1) is 13.4. The van der Waals surface area contributed by atoms with Crippen LogP contribution >= 0.6 is 0 Å². The highest BCUT2D eigenvalue weighted by molar-refractivity contribution is 4.87. The van der Waals surface area contributed by atoms with E-state index in [9.17, 15) is 0 Å². The van der Waals surface area contributed by atoms with E-state index in [2.05, 4.69) is 0 Å². The van der Waals surface area contributed by atoms with Crippen molar-refractivity contribution in [1.29, 1.82) is 0 Å². The van der Waals surface area contributed by atoms with E-state index in [1.54, 1.807) is 70.6 Å². The van der Waals surface area contributed by atoms with Crippen LogP contribution in [0.1, 0.15) is 84.5 Å². The van der Waals surface area contributed by atoms with E-state index >= 15 is 0 Å². The van der Waals surface area contributed by atoms with Crippen LogP contribution < -0.4 is 0 Å². The van der Waals surface area contributed by atoms with E-state index in [0.717, 1.165) is 23.7 Å². The highest BCUT2D eigenvalue weighted by Gasteiger charge is 2.36. The number of rotatable bonds is 0. The summed E-state index contributed by atoms with van der Waals surface area (Å²) in [6.45, 7) is 4.00. The molecule has 0 aromatic heterocycles. The van der Waals surface area contributed by atoms with Crippen molar-refractivity contribution in [2.75, 3.05) is 0 Å². The highest BCUT2D eigenvalue weighted by atomic mass is 14.4. The van der Waals surface area contributed by atoms with Gasteiger partial charge in [-0.3, -0.25) is 0 Å². The van der Waals surface area contributed by atoms with Gasteiger partial charge in [0.05, 0.1) is 0 Å². The zero-order valence-electron chi connectivity index (χ0n) is 12.1. The number of hydrogen-bond donors (Lipinski definition) is 0. The molecule has 0 amide bonds. The molecule has 3 rings (SSSR count). The third-order valence-electron chi connectivity index (χ3n) is 5.59. The van der Waals surface area contributed by atoms with Gasteiger partial charge in [0.2, 0.25) is 0 Å². The molecule has 17 heavy (non-hydrogen) atoms. The first-order valence-electron chi connectivity index (χ1n) is 8.43. The maximum absolute atomic E-state index is 2.00. The Morgan fingerprint density at radius 3 is 2.06 bits per heavy atom. The molecule has 4 atom stereocenters. The fraction of sp³-hybridized carbons (Fsp3) is 1.00. The second-order valence-corrected chi connectivity index (χ2v) is 6.43. The Kier molecular flexibility index (Phi) is 5.38. The molecular weight excluding hydrogens is 204 g/mol. The summed E-state index contributed by atoms with van der Waals surface area (Å²) in [5, 5.41) is 0. The second-order valence-electron chi connectivity index (χ2n) is 6.43. The maximum Gasteiger partial charge on any atom is -0.0357 e. The Labute approximate surface area is 109 Å². The first-order valence-corrected chi connectivity index (χ1v) is 8.43. The van der Waals surface area contributed by atoms with E-state index in [1.807, 2.05) is 13.8 Å². The quantitative estimate of drug-likeness (QED) is 0.498. The van der Waals surface area contributed by atoms with Gasteiger partial charge in [0.1, 0.15) is 0 Å². The van der Waals surface area contributed by atoms with Gasteiger partial charge in [0, 0.05) is 0 Å². The molecule has 0 aliphatic heterocycles. The zero-order chi connectivity index (χ0) is 12.1. The predicted octanol–water partition coefficient (Wildman–Crippen LogP) is 5.81. The summed E-state index contributed by atoms with van der Waals surface area (Å²) in [6.07, 6.45) is 17.3. The van der Waals surface area contributed by atoms with Crippen LogP contribution in [0.4, 0.5) is 0 Å². The minimum atomic E-state index is 1.13. The lowest BCUT2D eigenvalue weighted by Crippen LogP contribution is -2.25. The van der Waals surface area contributed by atoms with Gasteiger partial charge in [0.15, 0.2) is 0 Å². The van der Waals surface area contributed by atoms with Crippen molar-refractivity contribution in [2.45, 2.75) is 84.5 Å². The minimum Gasteiger partial charge on any atom is -0.0683 e. The van der Waals surface area contributed by atoms with Gasteiger partial charge in [-0.25, -0.2) is 0 Å². The normalized spacial score (nSPS) is 41.3. The average Bonchev–Trinajstić information content (AvgIpc) is 2.74. The molecule has 3 saturated carbocycles. The monoisotopic (exact) mass is 236 g/mol. The average molecular weight is 236 g/mol. The molecule has 0 heterocycles. The van der Waals surface area contributed by atoms with Crippen molar-refractivity contribution >= 4 is 0 Å². The third-order valence-corrected chi connectivity index (χ3v) is 5.59. The van der Waals surface area contributed by atoms with Gasteiger partial charge in [-0.05, 0) is 42.9 Å². The van der Waals surface area contributed by atoms with Gasteiger partial charge in [0.25, 0.3) is 0 Å². The molecule has 0 radical (unpaired) electrons. The van der Waals surface area contributed by atoms with E-state index in [4.69, 9.17) is 0 Å². The van der Waals surface area contributed by atoms with Gasteiger partial charge in [-0.15, -0.1) is 0 Å². The molecule has 4 unspecified atom stereocenters. The van der Waals surface area contributed by atoms with Crippen LogP contribution in [0.5, 0.6) is 0 Å².